The van der Waals surface area contributed by atoms with Crippen LogP contribution in [-0.4, -0.2) is 17.5 Å². The summed E-state index contributed by atoms with van der Waals surface area (Å²) < 4.78 is 5.18. The van der Waals surface area contributed by atoms with Crippen molar-refractivity contribution in [2.24, 2.45) is 5.92 Å². The second kappa shape index (κ2) is 2.67. The van der Waals surface area contributed by atoms with E-state index in [0.717, 1.165) is 12.8 Å². The van der Waals surface area contributed by atoms with Crippen LogP contribution in [-0.2, 0) is 4.74 Å². The average molecular weight is 130 g/mol. The van der Waals surface area contributed by atoms with Gasteiger partial charge in [0.25, 0.3) is 0 Å². The van der Waals surface area contributed by atoms with E-state index in [4.69, 9.17) is 9.84 Å². The molecule has 1 aliphatic carbocycles. The average Bonchev–Trinajstić information content (AvgIpc) is 2.50. The van der Waals surface area contributed by atoms with Crippen LogP contribution in [0.3, 0.4) is 0 Å². The molecule has 0 heterocycles. The van der Waals surface area contributed by atoms with E-state index in [2.05, 4.69) is 0 Å². The molecule has 0 amide bonds. The lowest BCUT2D eigenvalue weighted by Crippen LogP contribution is -2.19. The van der Waals surface area contributed by atoms with Crippen molar-refractivity contribution in [2.75, 3.05) is 0 Å². The highest BCUT2D eigenvalue weighted by atomic mass is 16.6. The first kappa shape index (κ1) is 7.03. The molecule has 0 aromatic rings. The third-order valence-corrected chi connectivity index (χ3v) is 1.43. The Balaban J connectivity index is 2.09. The molecule has 1 saturated carbocycles. The van der Waals surface area contributed by atoms with Crippen LogP contribution < -0.4 is 0 Å². The van der Waals surface area contributed by atoms with Crippen LogP contribution >= 0.6 is 0 Å². The summed E-state index contributed by atoms with van der Waals surface area (Å²) in [5.41, 5.74) is 0. The molecule has 1 atom stereocenters. The highest BCUT2D eigenvalue weighted by molar-refractivity contribution is 4.73. The molecular weight excluding hydrogens is 116 g/mol. The Morgan fingerprint density at radius 3 is 2.33 bits per heavy atom. The van der Waals surface area contributed by atoms with Gasteiger partial charge in [-0.3, -0.25) is 0 Å². The van der Waals surface area contributed by atoms with Crippen LogP contribution in [0.15, 0.2) is 0 Å². The fourth-order valence-corrected chi connectivity index (χ4v) is 0.558. The summed E-state index contributed by atoms with van der Waals surface area (Å²) in [6.07, 6.45) is 2.08. The summed E-state index contributed by atoms with van der Waals surface area (Å²) in [6.45, 7) is 3.90. The normalized spacial score (nSPS) is 22.7. The topological polar surface area (TPSA) is 29.5 Å². The molecule has 0 bridgehead atoms. The molecule has 0 aliphatic heterocycles. The van der Waals surface area contributed by atoms with E-state index in [9.17, 15) is 0 Å². The van der Waals surface area contributed by atoms with Gasteiger partial charge in [0.1, 0.15) is 0 Å². The maximum absolute atomic E-state index is 9.11. The fraction of sp³-hybridized carbons (Fsp3) is 1.00. The van der Waals surface area contributed by atoms with Gasteiger partial charge in [0.05, 0.1) is 6.10 Å². The minimum Gasteiger partial charge on any atom is -0.368 e. The Hall–Kier alpha value is -0.0800. The molecule has 54 valence electrons. The molecule has 0 aromatic heterocycles. The minimum atomic E-state index is -0.544. The summed E-state index contributed by atoms with van der Waals surface area (Å²) in [5, 5.41) is 9.11. The molecule has 0 radical (unpaired) electrons. The Morgan fingerprint density at radius 1 is 1.44 bits per heavy atom. The predicted molar refractivity (Wildman–Crippen MR) is 35.0 cm³/mol. The number of rotatable bonds is 3. The monoisotopic (exact) mass is 130 g/mol. The Labute approximate surface area is 55.8 Å². The van der Waals surface area contributed by atoms with Gasteiger partial charge in [0, 0.05) is 5.92 Å². The third-order valence-electron chi connectivity index (χ3n) is 1.43. The Kier molecular flexibility index (Phi) is 2.09. The summed E-state index contributed by atoms with van der Waals surface area (Å²) in [4.78, 5) is 0. The zero-order valence-electron chi connectivity index (χ0n) is 6.00. The standard InChI is InChI=1S/C7H14O2/c1-5(2)7(8)9-6-3-4-6/h5-8H,3-4H2,1-2H3. The fourth-order valence-electron chi connectivity index (χ4n) is 0.558. The summed E-state index contributed by atoms with van der Waals surface area (Å²) >= 11 is 0. The van der Waals surface area contributed by atoms with Crippen molar-refractivity contribution >= 4 is 0 Å². The van der Waals surface area contributed by atoms with Gasteiger partial charge in [0.2, 0.25) is 0 Å². The molecule has 1 aliphatic rings. The van der Waals surface area contributed by atoms with Crippen LogP contribution in [0.2, 0.25) is 0 Å². The lowest BCUT2D eigenvalue weighted by atomic mass is 10.2. The number of hydrogen-bond acceptors (Lipinski definition) is 2. The highest BCUT2D eigenvalue weighted by Gasteiger charge is 2.26. The number of hydrogen-bond donors (Lipinski definition) is 1. The quantitative estimate of drug-likeness (QED) is 0.580. The van der Waals surface area contributed by atoms with Crippen LogP contribution in [0.1, 0.15) is 26.7 Å². The van der Waals surface area contributed by atoms with Crippen LogP contribution in [0.5, 0.6) is 0 Å². The molecule has 1 rings (SSSR count). The molecule has 2 heteroatoms. The number of ether oxygens (including phenoxy) is 1. The maximum atomic E-state index is 9.11. The van der Waals surface area contributed by atoms with Gasteiger partial charge < -0.3 is 9.84 Å². The summed E-state index contributed by atoms with van der Waals surface area (Å²) in [6, 6.07) is 0. The lowest BCUT2D eigenvalue weighted by molar-refractivity contribution is -0.133. The minimum absolute atomic E-state index is 0.227. The maximum Gasteiger partial charge on any atom is 0.157 e. The van der Waals surface area contributed by atoms with E-state index in [1.165, 1.54) is 0 Å². The third kappa shape index (κ3) is 2.33. The molecule has 2 nitrogen and oxygen atoms in total. The zero-order chi connectivity index (χ0) is 6.85. The van der Waals surface area contributed by atoms with Crippen molar-refractivity contribution in [1.82, 2.24) is 0 Å². The second-order valence-electron chi connectivity index (χ2n) is 2.97. The molecular formula is C7H14O2. The van der Waals surface area contributed by atoms with Crippen molar-refractivity contribution < 1.29 is 9.84 Å². The Bertz CT molecular complexity index is 86.9. The SMILES string of the molecule is CC(C)C(O)OC1CC1. The van der Waals surface area contributed by atoms with Gasteiger partial charge in [-0.15, -0.1) is 0 Å². The van der Waals surface area contributed by atoms with Gasteiger partial charge in [-0.25, -0.2) is 0 Å². The van der Waals surface area contributed by atoms with E-state index in [1.54, 1.807) is 0 Å². The van der Waals surface area contributed by atoms with Crippen molar-refractivity contribution in [2.45, 2.75) is 39.1 Å². The smallest absolute Gasteiger partial charge is 0.157 e. The zero-order valence-corrected chi connectivity index (χ0v) is 6.00. The van der Waals surface area contributed by atoms with Gasteiger partial charge in [0.15, 0.2) is 6.29 Å². The predicted octanol–water partition coefficient (Wildman–Crippen LogP) is 1.14. The van der Waals surface area contributed by atoms with Gasteiger partial charge in [-0.1, -0.05) is 13.8 Å². The van der Waals surface area contributed by atoms with Gasteiger partial charge >= 0.3 is 0 Å². The number of aliphatic hydroxyl groups is 1. The van der Waals surface area contributed by atoms with Crippen molar-refractivity contribution in [1.29, 1.82) is 0 Å². The molecule has 0 aromatic carbocycles. The van der Waals surface area contributed by atoms with E-state index in [-0.39, 0.29) is 5.92 Å². The first-order chi connectivity index (χ1) is 4.20. The number of aliphatic hydroxyl groups excluding tert-OH is 1. The van der Waals surface area contributed by atoms with Crippen molar-refractivity contribution in [3.63, 3.8) is 0 Å². The van der Waals surface area contributed by atoms with E-state index in [1.807, 2.05) is 13.8 Å². The van der Waals surface area contributed by atoms with Crippen LogP contribution in [0, 0.1) is 5.92 Å². The molecule has 1 N–H and O–H groups in total. The second-order valence-corrected chi connectivity index (χ2v) is 2.97. The molecule has 0 spiro atoms. The lowest BCUT2D eigenvalue weighted by Gasteiger charge is -2.13. The van der Waals surface area contributed by atoms with Crippen LogP contribution in [0.25, 0.3) is 0 Å². The summed E-state index contributed by atoms with van der Waals surface area (Å²) in [5.74, 6) is 0.227. The Morgan fingerprint density at radius 2 is 2.00 bits per heavy atom. The van der Waals surface area contributed by atoms with Crippen LogP contribution in [0.4, 0.5) is 0 Å². The van der Waals surface area contributed by atoms with Crippen molar-refractivity contribution in [3.05, 3.63) is 0 Å². The highest BCUT2D eigenvalue weighted by Crippen LogP contribution is 2.25. The first-order valence-corrected chi connectivity index (χ1v) is 3.53. The first-order valence-electron chi connectivity index (χ1n) is 3.53. The largest absolute Gasteiger partial charge is 0.368 e. The van der Waals surface area contributed by atoms with E-state index < -0.39 is 6.29 Å². The molecule has 9 heavy (non-hydrogen) atoms. The molecule has 1 fully saturated rings. The van der Waals surface area contributed by atoms with Gasteiger partial charge in [-0.2, -0.15) is 0 Å². The van der Waals surface area contributed by atoms with E-state index >= 15 is 0 Å². The molecule has 0 saturated heterocycles. The molecule has 1 unspecified atom stereocenters. The van der Waals surface area contributed by atoms with E-state index in [0.29, 0.717) is 6.10 Å². The van der Waals surface area contributed by atoms with Gasteiger partial charge in [-0.05, 0) is 12.8 Å². The van der Waals surface area contributed by atoms with Crippen molar-refractivity contribution in [3.8, 4) is 0 Å². The summed E-state index contributed by atoms with van der Waals surface area (Å²) in [7, 11) is 0.